The number of ketones is 1. The normalized spacial score (nSPS) is 12.2. The van der Waals surface area contributed by atoms with Gasteiger partial charge in [-0.25, -0.2) is 4.98 Å². The predicted octanol–water partition coefficient (Wildman–Crippen LogP) is 1.91. The quantitative estimate of drug-likeness (QED) is 0.462. The largest absolute Gasteiger partial charge is 0.465 e. The minimum absolute atomic E-state index is 0.220. The van der Waals surface area contributed by atoms with Crippen molar-refractivity contribution in [2.75, 3.05) is 12.5 Å². The van der Waals surface area contributed by atoms with Gasteiger partial charge in [0.2, 0.25) is 0 Å². The van der Waals surface area contributed by atoms with E-state index in [2.05, 4.69) is 4.98 Å². The standard InChI is InChI=1S/C10H12ClNO3S/c1-3-15-10(14)8(7(13)4-11)9-12-6(2)5-16-9/h5,8H,3-4H2,1-2H3/t8-/m1/s1. The summed E-state index contributed by atoms with van der Waals surface area (Å²) in [6.45, 7) is 3.72. The molecule has 0 aromatic carbocycles. The van der Waals surface area contributed by atoms with Crippen LogP contribution in [-0.4, -0.2) is 29.2 Å². The highest BCUT2D eigenvalue weighted by atomic mass is 35.5. The van der Waals surface area contributed by atoms with Crippen LogP contribution in [0.3, 0.4) is 0 Å². The molecule has 4 nitrogen and oxygen atoms in total. The fourth-order valence-electron chi connectivity index (χ4n) is 1.18. The van der Waals surface area contributed by atoms with Crippen LogP contribution in [0.4, 0.5) is 0 Å². The third-order valence-corrected chi connectivity index (χ3v) is 3.15. The van der Waals surface area contributed by atoms with Crippen molar-refractivity contribution >= 4 is 34.7 Å². The molecule has 0 spiro atoms. The van der Waals surface area contributed by atoms with Gasteiger partial charge in [-0.1, -0.05) is 0 Å². The lowest BCUT2D eigenvalue weighted by molar-refractivity contribution is -0.147. The lowest BCUT2D eigenvalue weighted by Gasteiger charge is -2.10. The molecule has 0 fully saturated rings. The number of alkyl halides is 1. The highest BCUT2D eigenvalue weighted by molar-refractivity contribution is 7.10. The third-order valence-electron chi connectivity index (χ3n) is 1.86. The van der Waals surface area contributed by atoms with Crippen LogP contribution >= 0.6 is 22.9 Å². The molecular weight excluding hydrogens is 250 g/mol. The van der Waals surface area contributed by atoms with E-state index in [0.29, 0.717) is 5.01 Å². The van der Waals surface area contributed by atoms with Gasteiger partial charge in [-0.05, 0) is 13.8 Å². The van der Waals surface area contributed by atoms with Gasteiger partial charge >= 0.3 is 5.97 Å². The molecule has 0 aliphatic carbocycles. The van der Waals surface area contributed by atoms with Crippen LogP contribution in [-0.2, 0) is 14.3 Å². The van der Waals surface area contributed by atoms with Gasteiger partial charge in [0.15, 0.2) is 11.7 Å². The molecule has 0 saturated heterocycles. The SMILES string of the molecule is CCOC(=O)[C@H](C(=O)CCl)c1nc(C)cs1. The molecule has 0 amide bonds. The van der Waals surface area contributed by atoms with Crippen molar-refractivity contribution < 1.29 is 14.3 Å². The van der Waals surface area contributed by atoms with Crippen molar-refractivity contribution in [2.45, 2.75) is 19.8 Å². The van der Waals surface area contributed by atoms with Crippen molar-refractivity contribution in [3.63, 3.8) is 0 Å². The Labute approximate surface area is 103 Å². The van der Waals surface area contributed by atoms with Crippen LogP contribution in [0.2, 0.25) is 0 Å². The average Bonchev–Trinajstić information content (AvgIpc) is 2.65. The van der Waals surface area contributed by atoms with Crippen LogP contribution in [0.25, 0.3) is 0 Å². The third kappa shape index (κ3) is 3.02. The fourth-order valence-corrected chi connectivity index (χ4v) is 2.24. The number of ether oxygens (including phenoxy) is 1. The van der Waals surface area contributed by atoms with Gasteiger partial charge in [0.05, 0.1) is 12.5 Å². The van der Waals surface area contributed by atoms with Crippen LogP contribution in [0.15, 0.2) is 5.38 Å². The average molecular weight is 262 g/mol. The molecule has 0 bridgehead atoms. The summed E-state index contributed by atoms with van der Waals surface area (Å²) < 4.78 is 4.84. The second-order valence-corrected chi connectivity index (χ2v) is 4.27. The molecule has 1 atom stereocenters. The lowest BCUT2D eigenvalue weighted by Crippen LogP contribution is -2.25. The van der Waals surface area contributed by atoms with Crippen LogP contribution in [0.1, 0.15) is 23.5 Å². The number of Topliss-reactive ketones (excluding diaryl/α,β-unsaturated/α-hetero) is 1. The summed E-state index contributed by atoms with van der Waals surface area (Å²) in [4.78, 5) is 27.3. The lowest BCUT2D eigenvalue weighted by atomic mass is 10.1. The van der Waals surface area contributed by atoms with E-state index in [1.807, 2.05) is 0 Å². The molecule has 0 radical (unpaired) electrons. The molecule has 16 heavy (non-hydrogen) atoms. The van der Waals surface area contributed by atoms with E-state index >= 15 is 0 Å². The molecule has 0 unspecified atom stereocenters. The molecule has 88 valence electrons. The number of thiazole rings is 1. The van der Waals surface area contributed by atoms with E-state index in [1.54, 1.807) is 19.2 Å². The number of carbonyl (C=O) groups is 2. The number of nitrogens with zero attached hydrogens (tertiary/aromatic N) is 1. The summed E-state index contributed by atoms with van der Waals surface area (Å²) in [5.41, 5.74) is 0.775. The summed E-state index contributed by atoms with van der Waals surface area (Å²) in [5, 5.41) is 2.23. The van der Waals surface area contributed by atoms with Crippen LogP contribution in [0.5, 0.6) is 0 Å². The molecule has 0 N–H and O–H groups in total. The van der Waals surface area contributed by atoms with E-state index in [1.165, 1.54) is 11.3 Å². The second kappa shape index (κ2) is 5.96. The van der Waals surface area contributed by atoms with Gasteiger partial charge in [-0.2, -0.15) is 0 Å². The molecule has 1 aromatic rings. The van der Waals surface area contributed by atoms with Crippen molar-refractivity contribution in [3.8, 4) is 0 Å². The Hall–Kier alpha value is -0.940. The number of rotatable bonds is 5. The zero-order chi connectivity index (χ0) is 12.1. The second-order valence-electron chi connectivity index (χ2n) is 3.11. The van der Waals surface area contributed by atoms with Crippen molar-refractivity contribution in [1.82, 2.24) is 4.98 Å². The Morgan fingerprint density at radius 3 is 2.75 bits per heavy atom. The van der Waals surface area contributed by atoms with Gasteiger partial charge < -0.3 is 4.74 Å². The molecular formula is C10H12ClNO3S. The zero-order valence-corrected chi connectivity index (χ0v) is 10.6. The first kappa shape index (κ1) is 13.1. The van der Waals surface area contributed by atoms with E-state index in [-0.39, 0.29) is 18.3 Å². The molecule has 6 heteroatoms. The number of aromatic nitrogens is 1. The summed E-state index contributed by atoms with van der Waals surface area (Å²) in [6, 6.07) is 0. The zero-order valence-electron chi connectivity index (χ0n) is 9.03. The van der Waals surface area contributed by atoms with Crippen LogP contribution < -0.4 is 0 Å². The van der Waals surface area contributed by atoms with Crippen LogP contribution in [0, 0.1) is 6.92 Å². The smallest absolute Gasteiger partial charge is 0.323 e. The van der Waals surface area contributed by atoms with Crippen molar-refractivity contribution in [2.24, 2.45) is 0 Å². The fraction of sp³-hybridized carbons (Fsp3) is 0.500. The molecule has 0 aliphatic heterocycles. The first-order chi connectivity index (χ1) is 7.60. The first-order valence-electron chi connectivity index (χ1n) is 4.77. The number of esters is 1. The summed E-state index contributed by atoms with van der Waals surface area (Å²) in [5.74, 6) is -2.16. The van der Waals surface area contributed by atoms with Crippen molar-refractivity contribution in [1.29, 1.82) is 0 Å². The highest BCUT2D eigenvalue weighted by Gasteiger charge is 2.31. The van der Waals surface area contributed by atoms with Gasteiger partial charge in [-0.3, -0.25) is 9.59 Å². The van der Waals surface area contributed by atoms with E-state index in [9.17, 15) is 9.59 Å². The Morgan fingerprint density at radius 2 is 2.31 bits per heavy atom. The number of aryl methyl sites for hydroxylation is 1. The molecule has 1 rings (SSSR count). The number of hydrogen-bond donors (Lipinski definition) is 0. The minimum atomic E-state index is -0.976. The van der Waals surface area contributed by atoms with Gasteiger partial charge in [-0.15, -0.1) is 22.9 Å². The summed E-state index contributed by atoms with van der Waals surface area (Å²) in [7, 11) is 0. The predicted molar refractivity (Wildman–Crippen MR) is 62.0 cm³/mol. The van der Waals surface area contributed by atoms with Gasteiger partial charge in [0.1, 0.15) is 5.01 Å². The number of halogens is 1. The number of carbonyl (C=O) groups excluding carboxylic acids is 2. The Balaban J connectivity index is 2.96. The Bertz CT molecular complexity index is 391. The van der Waals surface area contributed by atoms with E-state index in [4.69, 9.17) is 16.3 Å². The summed E-state index contributed by atoms with van der Waals surface area (Å²) >= 11 is 6.73. The maximum absolute atomic E-state index is 11.6. The van der Waals surface area contributed by atoms with E-state index in [0.717, 1.165) is 5.69 Å². The Kier molecular flexibility index (Phi) is 4.89. The minimum Gasteiger partial charge on any atom is -0.465 e. The number of hydrogen-bond acceptors (Lipinski definition) is 5. The Morgan fingerprint density at radius 1 is 1.62 bits per heavy atom. The van der Waals surface area contributed by atoms with Gasteiger partial charge in [0.25, 0.3) is 0 Å². The first-order valence-corrected chi connectivity index (χ1v) is 6.18. The molecule has 0 saturated carbocycles. The molecule has 1 aromatic heterocycles. The summed E-state index contributed by atoms with van der Waals surface area (Å²) in [6.07, 6.45) is 0. The molecule has 1 heterocycles. The highest BCUT2D eigenvalue weighted by Crippen LogP contribution is 2.23. The van der Waals surface area contributed by atoms with Gasteiger partial charge in [0, 0.05) is 11.1 Å². The van der Waals surface area contributed by atoms with Crippen molar-refractivity contribution in [3.05, 3.63) is 16.1 Å². The molecule has 0 aliphatic rings. The van der Waals surface area contributed by atoms with E-state index < -0.39 is 11.9 Å². The monoisotopic (exact) mass is 261 g/mol. The topological polar surface area (TPSA) is 56.3 Å². The maximum Gasteiger partial charge on any atom is 0.323 e. The maximum atomic E-state index is 11.6.